The van der Waals surface area contributed by atoms with Crippen LogP contribution in [0, 0.1) is 17.5 Å². The normalized spacial score (nSPS) is 13.5. The van der Waals surface area contributed by atoms with Gasteiger partial charge in [0, 0.05) is 25.1 Å². The maximum absolute atomic E-state index is 13.9. The number of unbranched alkanes of at least 4 members (excludes halogenated alkanes) is 1. The smallest absolute Gasteiger partial charge is 0.389 e. The van der Waals surface area contributed by atoms with Gasteiger partial charge in [0.25, 0.3) is 5.91 Å². The number of carbonyl (C=O) groups is 2. The standard InChI is InChI=1S/C27H29F3N4O3/c1-3-4-14-34(25(35)19-10-13-21(29)22(30)16-19)24-26(33-15-6-5-7-23(33)32-24)37-27(36)31-17(2)18-8-11-20(28)12-9-18/h8-13,16-17H,3-7,14-15H2,1-2H3,(H,31,36). The van der Waals surface area contributed by atoms with Gasteiger partial charge in [-0.15, -0.1) is 0 Å². The van der Waals surface area contributed by atoms with E-state index in [9.17, 15) is 22.8 Å². The molecule has 1 aliphatic rings. The number of imidazole rings is 1. The third-order valence-corrected chi connectivity index (χ3v) is 6.31. The molecule has 1 atom stereocenters. The summed E-state index contributed by atoms with van der Waals surface area (Å²) in [4.78, 5) is 32.4. The van der Waals surface area contributed by atoms with Crippen molar-refractivity contribution in [2.24, 2.45) is 0 Å². The number of nitrogens with one attached hydrogen (secondary N) is 1. The van der Waals surface area contributed by atoms with Crippen LogP contribution in [0.25, 0.3) is 0 Å². The molecule has 1 N–H and O–H groups in total. The van der Waals surface area contributed by atoms with Crippen molar-refractivity contribution in [3.8, 4) is 5.88 Å². The molecule has 0 bridgehead atoms. The van der Waals surface area contributed by atoms with Crippen LogP contribution in [-0.4, -0.2) is 28.1 Å². The predicted octanol–water partition coefficient (Wildman–Crippen LogP) is 5.93. The summed E-state index contributed by atoms with van der Waals surface area (Å²) in [5, 5.41) is 2.73. The van der Waals surface area contributed by atoms with Crippen molar-refractivity contribution in [1.82, 2.24) is 14.9 Å². The summed E-state index contributed by atoms with van der Waals surface area (Å²) >= 11 is 0. The molecule has 1 aromatic heterocycles. The summed E-state index contributed by atoms with van der Waals surface area (Å²) in [6.07, 6.45) is 3.01. The van der Waals surface area contributed by atoms with E-state index in [1.54, 1.807) is 23.6 Å². The van der Waals surface area contributed by atoms with Crippen LogP contribution in [0.3, 0.4) is 0 Å². The van der Waals surface area contributed by atoms with E-state index >= 15 is 0 Å². The molecule has 37 heavy (non-hydrogen) atoms. The number of anilines is 1. The molecule has 2 heterocycles. The van der Waals surface area contributed by atoms with Gasteiger partial charge >= 0.3 is 6.09 Å². The van der Waals surface area contributed by atoms with E-state index in [4.69, 9.17) is 4.74 Å². The summed E-state index contributed by atoms with van der Waals surface area (Å²) < 4.78 is 48.2. The molecular formula is C27H29F3N4O3. The van der Waals surface area contributed by atoms with E-state index in [-0.39, 0.29) is 29.6 Å². The number of aromatic nitrogens is 2. The van der Waals surface area contributed by atoms with Gasteiger partial charge in [-0.05, 0) is 62.1 Å². The Labute approximate surface area is 213 Å². The highest BCUT2D eigenvalue weighted by atomic mass is 19.2. The molecule has 0 saturated heterocycles. The number of halogens is 3. The van der Waals surface area contributed by atoms with Crippen molar-refractivity contribution < 1.29 is 27.5 Å². The van der Waals surface area contributed by atoms with Gasteiger partial charge in [0.15, 0.2) is 17.5 Å². The SMILES string of the molecule is CCCCN(C(=O)c1ccc(F)c(F)c1)c1nc2n(c1OC(=O)NC(C)c1ccc(F)cc1)CCCC2. The third kappa shape index (κ3) is 5.95. The summed E-state index contributed by atoms with van der Waals surface area (Å²) in [5.41, 5.74) is 0.647. The summed E-state index contributed by atoms with van der Waals surface area (Å²) in [6, 6.07) is 8.25. The van der Waals surface area contributed by atoms with Crippen LogP contribution in [0.15, 0.2) is 42.5 Å². The predicted molar refractivity (Wildman–Crippen MR) is 132 cm³/mol. The molecule has 4 rings (SSSR count). The Morgan fingerprint density at radius 1 is 1.11 bits per heavy atom. The van der Waals surface area contributed by atoms with E-state index in [0.29, 0.717) is 30.8 Å². The van der Waals surface area contributed by atoms with Gasteiger partial charge < -0.3 is 10.1 Å². The van der Waals surface area contributed by atoms with Crippen molar-refractivity contribution in [2.75, 3.05) is 11.4 Å². The summed E-state index contributed by atoms with van der Waals surface area (Å²) in [5.74, 6) is -2.19. The maximum atomic E-state index is 13.9. The zero-order valence-electron chi connectivity index (χ0n) is 20.8. The molecule has 2 aromatic carbocycles. The number of carbonyl (C=O) groups excluding carboxylic acids is 2. The molecule has 2 amide bonds. The fourth-order valence-corrected chi connectivity index (χ4v) is 4.25. The van der Waals surface area contributed by atoms with Crippen LogP contribution < -0.4 is 15.0 Å². The zero-order valence-corrected chi connectivity index (χ0v) is 20.8. The minimum absolute atomic E-state index is 0.0405. The van der Waals surface area contributed by atoms with Crippen LogP contribution in [0.1, 0.15) is 67.3 Å². The van der Waals surface area contributed by atoms with Gasteiger partial charge in [0.1, 0.15) is 11.6 Å². The van der Waals surface area contributed by atoms with Crippen LogP contribution in [-0.2, 0) is 13.0 Å². The quantitative estimate of drug-likeness (QED) is 0.404. The minimum atomic E-state index is -1.13. The number of rotatable bonds is 8. The fraction of sp³-hybridized carbons (Fsp3) is 0.370. The van der Waals surface area contributed by atoms with E-state index < -0.39 is 29.7 Å². The highest BCUT2D eigenvalue weighted by Gasteiger charge is 2.31. The highest BCUT2D eigenvalue weighted by Crippen LogP contribution is 2.34. The second-order valence-corrected chi connectivity index (χ2v) is 9.01. The first-order chi connectivity index (χ1) is 17.8. The van der Waals surface area contributed by atoms with Crippen molar-refractivity contribution in [3.63, 3.8) is 0 Å². The molecule has 3 aromatic rings. The zero-order chi connectivity index (χ0) is 26.5. The number of benzene rings is 2. The second kappa shape index (κ2) is 11.5. The minimum Gasteiger partial charge on any atom is -0.389 e. The first kappa shape index (κ1) is 26.2. The van der Waals surface area contributed by atoms with E-state index in [1.807, 2.05) is 6.92 Å². The van der Waals surface area contributed by atoms with E-state index in [2.05, 4.69) is 10.3 Å². The Balaban J connectivity index is 1.65. The first-order valence-electron chi connectivity index (χ1n) is 12.4. The topological polar surface area (TPSA) is 76.5 Å². The van der Waals surface area contributed by atoms with Gasteiger partial charge in [-0.2, -0.15) is 0 Å². The lowest BCUT2D eigenvalue weighted by Crippen LogP contribution is -2.34. The van der Waals surface area contributed by atoms with Crippen LogP contribution >= 0.6 is 0 Å². The number of amides is 2. The Hall–Kier alpha value is -3.82. The lowest BCUT2D eigenvalue weighted by atomic mass is 10.1. The Morgan fingerprint density at radius 2 is 1.86 bits per heavy atom. The summed E-state index contributed by atoms with van der Waals surface area (Å²) in [6.45, 7) is 4.50. The number of ether oxygens (including phenoxy) is 1. The van der Waals surface area contributed by atoms with Crippen LogP contribution in [0.5, 0.6) is 5.88 Å². The average molecular weight is 515 g/mol. The lowest BCUT2D eigenvalue weighted by molar-refractivity contribution is 0.0984. The number of hydrogen-bond acceptors (Lipinski definition) is 4. The largest absolute Gasteiger partial charge is 0.414 e. The molecule has 1 unspecified atom stereocenters. The van der Waals surface area contributed by atoms with Gasteiger partial charge in [-0.3, -0.25) is 14.3 Å². The second-order valence-electron chi connectivity index (χ2n) is 9.01. The number of aryl methyl sites for hydroxylation is 1. The van der Waals surface area contributed by atoms with Crippen LogP contribution in [0.2, 0.25) is 0 Å². The molecule has 0 spiro atoms. The van der Waals surface area contributed by atoms with Gasteiger partial charge in [-0.25, -0.2) is 22.9 Å². The monoisotopic (exact) mass is 514 g/mol. The van der Waals surface area contributed by atoms with Crippen LogP contribution in [0.4, 0.5) is 23.8 Å². The van der Waals surface area contributed by atoms with Crippen molar-refractivity contribution in [3.05, 3.63) is 76.9 Å². The Kier molecular flexibility index (Phi) is 8.15. The van der Waals surface area contributed by atoms with Gasteiger partial charge in [0.05, 0.1) is 6.04 Å². The molecule has 0 fully saturated rings. The summed E-state index contributed by atoms with van der Waals surface area (Å²) in [7, 11) is 0. The highest BCUT2D eigenvalue weighted by molar-refractivity contribution is 6.06. The molecule has 196 valence electrons. The maximum Gasteiger partial charge on any atom is 0.414 e. The fourth-order valence-electron chi connectivity index (χ4n) is 4.25. The molecule has 10 heteroatoms. The molecule has 0 aliphatic carbocycles. The van der Waals surface area contributed by atoms with Crippen molar-refractivity contribution in [2.45, 2.75) is 58.5 Å². The van der Waals surface area contributed by atoms with E-state index in [0.717, 1.165) is 31.4 Å². The number of nitrogens with zero attached hydrogens (tertiary/aromatic N) is 3. The van der Waals surface area contributed by atoms with Gasteiger partial charge in [-0.1, -0.05) is 25.5 Å². The first-order valence-corrected chi connectivity index (χ1v) is 12.4. The molecule has 0 radical (unpaired) electrons. The molecule has 1 aliphatic heterocycles. The van der Waals surface area contributed by atoms with Crippen molar-refractivity contribution >= 4 is 17.8 Å². The third-order valence-electron chi connectivity index (χ3n) is 6.31. The average Bonchev–Trinajstić information content (AvgIpc) is 3.24. The van der Waals surface area contributed by atoms with Crippen molar-refractivity contribution in [1.29, 1.82) is 0 Å². The van der Waals surface area contributed by atoms with Gasteiger partial charge in [0.2, 0.25) is 5.88 Å². The number of fused-ring (bicyclic) bond motifs is 1. The molecule has 7 nitrogen and oxygen atoms in total. The number of hydrogen-bond donors (Lipinski definition) is 1. The molecule has 0 saturated carbocycles. The Bertz CT molecular complexity index is 1280. The van der Waals surface area contributed by atoms with E-state index in [1.165, 1.54) is 23.1 Å². The molecular weight excluding hydrogens is 485 g/mol. The lowest BCUT2D eigenvalue weighted by Gasteiger charge is -2.23. The Morgan fingerprint density at radius 3 is 2.57 bits per heavy atom.